The summed E-state index contributed by atoms with van der Waals surface area (Å²) < 4.78 is 40.1. The summed E-state index contributed by atoms with van der Waals surface area (Å²) in [5, 5.41) is 7.43. The van der Waals surface area contributed by atoms with E-state index in [-0.39, 0.29) is 11.5 Å². The molecule has 1 aliphatic rings. The van der Waals surface area contributed by atoms with Gasteiger partial charge in [0.15, 0.2) is 11.5 Å². The Kier molecular flexibility index (Phi) is 6.78. The Morgan fingerprint density at radius 2 is 1.94 bits per heavy atom. The first kappa shape index (κ1) is 23.0. The van der Waals surface area contributed by atoms with Gasteiger partial charge >= 0.3 is 6.61 Å². The molecule has 1 N–H and O–H groups in total. The smallest absolute Gasteiger partial charge is 0.387 e. The zero-order valence-electron chi connectivity index (χ0n) is 19.1. The van der Waals surface area contributed by atoms with Crippen LogP contribution in [-0.4, -0.2) is 34.8 Å². The first-order valence-electron chi connectivity index (χ1n) is 10.9. The van der Waals surface area contributed by atoms with Crippen LogP contribution in [0.1, 0.15) is 37.8 Å². The van der Waals surface area contributed by atoms with Gasteiger partial charge in [0.05, 0.1) is 13.7 Å². The van der Waals surface area contributed by atoms with Crippen LogP contribution in [0.25, 0.3) is 11.4 Å². The largest absolute Gasteiger partial charge is 0.493 e. The molecule has 1 unspecified atom stereocenters. The molecule has 0 radical (unpaired) electrons. The van der Waals surface area contributed by atoms with Crippen molar-refractivity contribution in [2.75, 3.05) is 12.4 Å². The number of nitrogens with one attached hydrogen (secondary N) is 1. The summed E-state index contributed by atoms with van der Waals surface area (Å²) in [6.45, 7) is 6.04. The number of methoxy groups -OCH3 is 1. The van der Waals surface area contributed by atoms with E-state index in [1.807, 2.05) is 0 Å². The Hall–Kier alpha value is -3.20. The van der Waals surface area contributed by atoms with Crippen LogP contribution in [0.4, 0.5) is 14.5 Å². The van der Waals surface area contributed by atoms with Crippen molar-refractivity contribution in [1.82, 2.24) is 15.0 Å². The highest BCUT2D eigenvalue weighted by Gasteiger charge is 2.26. The fourth-order valence-corrected chi connectivity index (χ4v) is 3.94. The number of ether oxygens (including phenoxy) is 2. The summed E-state index contributed by atoms with van der Waals surface area (Å²) in [7, 11) is 1.38. The Balaban J connectivity index is 1.45. The third-order valence-corrected chi connectivity index (χ3v) is 6.08. The molecule has 0 aliphatic carbocycles. The van der Waals surface area contributed by atoms with Crippen molar-refractivity contribution in [2.45, 2.75) is 53.1 Å². The predicted molar refractivity (Wildman–Crippen MR) is 120 cm³/mol. The van der Waals surface area contributed by atoms with Gasteiger partial charge in [0, 0.05) is 30.4 Å². The minimum absolute atomic E-state index is 0.0552. The summed E-state index contributed by atoms with van der Waals surface area (Å²) in [5.74, 6) is 1.45. The molecule has 1 atom stereocenters. The SMILES string of the molecule is COc1cc(-c2noc(CNc3cccc4c3CN(C(C)C(C)C)C4)n2)ccc1OC(F)F. The average Bonchev–Trinajstić information content (AvgIpc) is 3.44. The number of benzene rings is 2. The maximum Gasteiger partial charge on any atom is 0.387 e. The molecular formula is C24H28F2N4O3. The van der Waals surface area contributed by atoms with Gasteiger partial charge in [0.1, 0.15) is 0 Å². The number of fused-ring (bicyclic) bond motifs is 1. The van der Waals surface area contributed by atoms with Crippen LogP contribution >= 0.6 is 0 Å². The Labute approximate surface area is 191 Å². The second-order valence-electron chi connectivity index (χ2n) is 8.44. The number of halogens is 2. The van der Waals surface area contributed by atoms with Crippen molar-refractivity contribution in [1.29, 1.82) is 0 Å². The van der Waals surface area contributed by atoms with Gasteiger partial charge < -0.3 is 19.3 Å². The molecular weight excluding hydrogens is 430 g/mol. The van der Waals surface area contributed by atoms with Crippen LogP contribution in [-0.2, 0) is 19.6 Å². The second-order valence-corrected chi connectivity index (χ2v) is 8.44. The lowest BCUT2D eigenvalue weighted by Crippen LogP contribution is -2.32. The number of rotatable bonds is 9. The van der Waals surface area contributed by atoms with Crippen LogP contribution in [0.3, 0.4) is 0 Å². The molecule has 3 aromatic rings. The van der Waals surface area contributed by atoms with Crippen molar-refractivity contribution in [3.05, 3.63) is 53.4 Å². The van der Waals surface area contributed by atoms with Crippen molar-refractivity contribution >= 4 is 5.69 Å². The van der Waals surface area contributed by atoms with E-state index in [4.69, 9.17) is 9.26 Å². The minimum atomic E-state index is -2.94. The third kappa shape index (κ3) is 5.08. The van der Waals surface area contributed by atoms with Crippen LogP contribution in [0.15, 0.2) is 40.9 Å². The fraction of sp³-hybridized carbons (Fsp3) is 0.417. The van der Waals surface area contributed by atoms with Gasteiger partial charge in [-0.3, -0.25) is 4.90 Å². The van der Waals surface area contributed by atoms with E-state index in [1.165, 1.54) is 30.4 Å². The Morgan fingerprint density at radius 3 is 2.67 bits per heavy atom. The number of hydrogen-bond acceptors (Lipinski definition) is 7. The van der Waals surface area contributed by atoms with Gasteiger partial charge in [0.25, 0.3) is 0 Å². The lowest BCUT2D eigenvalue weighted by atomic mass is 10.1. The number of aromatic nitrogens is 2. The first-order chi connectivity index (χ1) is 15.9. The molecule has 0 saturated carbocycles. The first-order valence-corrected chi connectivity index (χ1v) is 10.9. The molecule has 2 heterocycles. The summed E-state index contributed by atoms with van der Waals surface area (Å²) in [4.78, 5) is 6.91. The van der Waals surface area contributed by atoms with Gasteiger partial charge in [-0.2, -0.15) is 13.8 Å². The molecule has 7 nitrogen and oxygen atoms in total. The van der Waals surface area contributed by atoms with Gasteiger partial charge in [-0.25, -0.2) is 0 Å². The lowest BCUT2D eigenvalue weighted by Gasteiger charge is -2.27. The molecule has 0 fully saturated rings. The maximum absolute atomic E-state index is 12.5. The molecule has 9 heteroatoms. The van der Waals surface area contributed by atoms with Crippen LogP contribution in [0.5, 0.6) is 11.5 Å². The van der Waals surface area contributed by atoms with E-state index in [0.29, 0.717) is 35.8 Å². The van der Waals surface area contributed by atoms with Crippen LogP contribution in [0.2, 0.25) is 0 Å². The van der Waals surface area contributed by atoms with Crippen LogP contribution in [0, 0.1) is 5.92 Å². The number of nitrogens with zero attached hydrogens (tertiary/aromatic N) is 3. The second kappa shape index (κ2) is 9.74. The highest BCUT2D eigenvalue weighted by molar-refractivity contribution is 5.61. The summed E-state index contributed by atoms with van der Waals surface area (Å²) >= 11 is 0. The highest BCUT2D eigenvalue weighted by atomic mass is 19.3. The molecule has 0 amide bonds. The zero-order valence-corrected chi connectivity index (χ0v) is 19.1. The van der Waals surface area contributed by atoms with Gasteiger partial charge in [-0.1, -0.05) is 31.1 Å². The molecule has 176 valence electrons. The molecule has 1 aliphatic heterocycles. The highest BCUT2D eigenvalue weighted by Crippen LogP contribution is 2.34. The third-order valence-electron chi connectivity index (χ3n) is 6.08. The number of anilines is 1. The molecule has 0 bridgehead atoms. The number of hydrogen-bond donors (Lipinski definition) is 1. The topological polar surface area (TPSA) is 72.7 Å². The van der Waals surface area contributed by atoms with E-state index >= 15 is 0 Å². The van der Waals surface area contributed by atoms with Crippen molar-refractivity contribution in [3.8, 4) is 22.9 Å². The standard InChI is InChI=1S/C24H28F2N4O3/c1-14(2)15(3)30-12-17-6-5-7-19(18(17)13-30)27-11-22-28-23(29-33-22)16-8-9-20(32-24(25)26)21(10-16)31-4/h5-10,14-15,24,27H,11-13H2,1-4H3. The van der Waals surface area contributed by atoms with E-state index < -0.39 is 6.61 Å². The fourth-order valence-electron chi connectivity index (χ4n) is 3.94. The van der Waals surface area contributed by atoms with E-state index in [1.54, 1.807) is 6.07 Å². The van der Waals surface area contributed by atoms with E-state index in [9.17, 15) is 8.78 Å². The molecule has 4 rings (SSSR count). The monoisotopic (exact) mass is 458 g/mol. The summed E-state index contributed by atoms with van der Waals surface area (Å²) in [6.07, 6.45) is 0. The van der Waals surface area contributed by atoms with Gasteiger partial charge in [-0.15, -0.1) is 0 Å². The average molecular weight is 459 g/mol. The van der Waals surface area contributed by atoms with E-state index in [0.717, 1.165) is 18.8 Å². The van der Waals surface area contributed by atoms with Gasteiger partial charge in [0.2, 0.25) is 11.7 Å². The minimum Gasteiger partial charge on any atom is -0.493 e. The summed E-state index contributed by atoms with van der Waals surface area (Å²) in [6, 6.07) is 11.3. The van der Waals surface area contributed by atoms with Crippen molar-refractivity contribution in [2.24, 2.45) is 5.92 Å². The lowest BCUT2D eigenvalue weighted by molar-refractivity contribution is -0.0512. The number of alkyl halides is 2. The zero-order chi connectivity index (χ0) is 23.5. The normalized spacial score (nSPS) is 14.5. The van der Waals surface area contributed by atoms with Crippen molar-refractivity contribution in [3.63, 3.8) is 0 Å². The quantitative estimate of drug-likeness (QED) is 0.465. The van der Waals surface area contributed by atoms with Gasteiger partial charge in [-0.05, 0) is 48.2 Å². The Bertz CT molecular complexity index is 1100. The molecule has 1 aromatic heterocycles. The Morgan fingerprint density at radius 1 is 1.12 bits per heavy atom. The van der Waals surface area contributed by atoms with E-state index in [2.05, 4.69) is 64.1 Å². The summed E-state index contributed by atoms with van der Waals surface area (Å²) in [5.41, 5.74) is 4.25. The van der Waals surface area contributed by atoms with Crippen LogP contribution < -0.4 is 14.8 Å². The molecule has 2 aromatic carbocycles. The van der Waals surface area contributed by atoms with Crippen molar-refractivity contribution < 1.29 is 22.8 Å². The maximum atomic E-state index is 12.5. The molecule has 0 spiro atoms. The molecule has 33 heavy (non-hydrogen) atoms. The molecule has 0 saturated heterocycles. The predicted octanol–water partition coefficient (Wildman–Crippen LogP) is 5.32.